The molecule has 2 atom stereocenters. The highest BCUT2D eigenvalue weighted by atomic mass is 16.5. The molecule has 6 bridgehead atoms. The van der Waals surface area contributed by atoms with E-state index in [0.29, 0.717) is 37.4 Å². The van der Waals surface area contributed by atoms with E-state index in [-0.39, 0.29) is 30.8 Å². The van der Waals surface area contributed by atoms with Crippen LogP contribution in [0.3, 0.4) is 0 Å². The molecular weight excluding hydrogens is 630 g/mol. The molecule has 0 saturated carbocycles. The van der Waals surface area contributed by atoms with Crippen LogP contribution in [-0.4, -0.2) is 69.7 Å². The SMILES string of the molecule is CCn1c(-c2cc(N3CCCCC3)cnc2C(C)C)c2c3cc(ccc31)-c1nc(co1)C[C@H](N)C(=O)N1CCC[C@H](N1)C(=O)OCC(C)(C)C2. The number of aromatic nitrogens is 3. The minimum Gasteiger partial charge on any atom is -0.464 e. The summed E-state index contributed by atoms with van der Waals surface area (Å²) in [5.74, 6) is 0.0599. The molecule has 3 aliphatic rings. The van der Waals surface area contributed by atoms with Gasteiger partial charge in [-0.1, -0.05) is 27.7 Å². The maximum absolute atomic E-state index is 13.5. The summed E-state index contributed by atoms with van der Waals surface area (Å²) in [5.41, 5.74) is 17.4. The summed E-state index contributed by atoms with van der Waals surface area (Å²) < 4.78 is 14.5. The lowest BCUT2D eigenvalue weighted by Crippen LogP contribution is -2.59. The summed E-state index contributed by atoms with van der Waals surface area (Å²) in [6.07, 6.45) is 9.42. The van der Waals surface area contributed by atoms with Gasteiger partial charge in [-0.3, -0.25) is 19.6 Å². The molecule has 7 rings (SSSR count). The Bertz CT molecular complexity index is 1890. The first kappa shape index (κ1) is 34.2. The number of piperidine rings is 1. The number of hydrogen-bond donors (Lipinski definition) is 2. The molecule has 2 fully saturated rings. The molecule has 266 valence electrons. The zero-order valence-electron chi connectivity index (χ0n) is 30.1. The number of pyridine rings is 1. The van der Waals surface area contributed by atoms with E-state index in [9.17, 15) is 9.59 Å². The number of carbonyl (C=O) groups is 2. The van der Waals surface area contributed by atoms with Gasteiger partial charge >= 0.3 is 5.97 Å². The van der Waals surface area contributed by atoms with Crippen LogP contribution >= 0.6 is 0 Å². The number of nitrogens with one attached hydrogen (secondary N) is 1. The van der Waals surface area contributed by atoms with Gasteiger partial charge in [-0.15, -0.1) is 0 Å². The van der Waals surface area contributed by atoms with Crippen LogP contribution in [0.4, 0.5) is 5.69 Å². The van der Waals surface area contributed by atoms with Gasteiger partial charge in [-0.2, -0.15) is 0 Å². The highest BCUT2D eigenvalue weighted by Crippen LogP contribution is 2.43. The molecule has 3 N–H and O–H groups in total. The van der Waals surface area contributed by atoms with E-state index in [2.05, 4.69) is 80.0 Å². The van der Waals surface area contributed by atoms with Crippen molar-refractivity contribution in [3.05, 3.63) is 53.7 Å². The van der Waals surface area contributed by atoms with E-state index in [1.54, 1.807) is 6.26 Å². The smallest absolute Gasteiger partial charge is 0.324 e. The predicted octanol–water partition coefficient (Wildman–Crippen LogP) is 5.98. The van der Waals surface area contributed by atoms with E-state index in [4.69, 9.17) is 24.9 Å². The van der Waals surface area contributed by atoms with Crippen LogP contribution in [-0.2, 0) is 33.7 Å². The third kappa shape index (κ3) is 6.65. The maximum Gasteiger partial charge on any atom is 0.324 e. The second kappa shape index (κ2) is 13.8. The molecule has 1 aromatic carbocycles. The molecule has 50 heavy (non-hydrogen) atoms. The number of aryl methyl sites for hydroxylation is 1. The van der Waals surface area contributed by atoms with E-state index < -0.39 is 17.5 Å². The van der Waals surface area contributed by atoms with Crippen LogP contribution in [0.15, 0.2) is 41.1 Å². The standard InChI is InChI=1S/C39H51N7O4/c1-6-45-33-13-12-25-17-28(33)30(35(45)29-19-27(21-41-34(29)24(2)3)44-14-8-7-9-15-44)20-39(4,5)23-50-38(48)32-11-10-16-46(43-32)37(47)31(40)18-26-22-49-36(25)42-26/h12-13,17,19,21-22,24,31-32,43H,6-11,14-16,18,20,23,40H2,1-5H3/t31-,32-/m0/s1. The number of hydrogen-bond acceptors (Lipinski definition) is 9. The minimum atomic E-state index is -0.840. The fourth-order valence-corrected chi connectivity index (χ4v) is 7.87. The number of hydrazine groups is 1. The lowest BCUT2D eigenvalue weighted by atomic mass is 9.84. The van der Waals surface area contributed by atoms with Crippen molar-refractivity contribution in [1.29, 1.82) is 0 Å². The van der Waals surface area contributed by atoms with Crippen molar-refractivity contribution in [3.63, 3.8) is 0 Å². The zero-order chi connectivity index (χ0) is 35.2. The first-order valence-corrected chi connectivity index (χ1v) is 18.4. The van der Waals surface area contributed by atoms with E-state index in [0.717, 1.165) is 58.7 Å². The summed E-state index contributed by atoms with van der Waals surface area (Å²) in [5, 5.41) is 2.57. The summed E-state index contributed by atoms with van der Waals surface area (Å²) in [6, 6.07) is 7.28. The van der Waals surface area contributed by atoms with Crippen LogP contribution in [0.2, 0.25) is 0 Å². The number of benzene rings is 1. The van der Waals surface area contributed by atoms with Crippen molar-refractivity contribution >= 4 is 28.5 Å². The number of amides is 1. The van der Waals surface area contributed by atoms with Crippen molar-refractivity contribution in [1.82, 2.24) is 25.0 Å². The van der Waals surface area contributed by atoms with Crippen LogP contribution in [0.25, 0.3) is 33.6 Å². The Morgan fingerprint density at radius 3 is 2.64 bits per heavy atom. The Hall–Kier alpha value is -4.22. The number of rotatable bonds is 4. The van der Waals surface area contributed by atoms with Crippen molar-refractivity contribution < 1.29 is 18.7 Å². The molecule has 3 aromatic heterocycles. The average molecular weight is 682 g/mol. The topological polar surface area (TPSA) is 132 Å². The first-order chi connectivity index (χ1) is 24.0. The van der Waals surface area contributed by atoms with Gasteiger partial charge in [0.05, 0.1) is 41.6 Å². The Kier molecular flexibility index (Phi) is 9.47. The van der Waals surface area contributed by atoms with Gasteiger partial charge in [0.2, 0.25) is 5.89 Å². The van der Waals surface area contributed by atoms with Crippen LogP contribution in [0, 0.1) is 5.41 Å². The molecule has 1 amide bonds. The lowest BCUT2D eigenvalue weighted by molar-refractivity contribution is -0.154. The number of esters is 1. The molecule has 0 radical (unpaired) electrons. The fourth-order valence-electron chi connectivity index (χ4n) is 7.87. The summed E-state index contributed by atoms with van der Waals surface area (Å²) >= 11 is 0. The highest BCUT2D eigenvalue weighted by Gasteiger charge is 2.34. The quantitative estimate of drug-likeness (QED) is 0.250. The molecule has 2 saturated heterocycles. The summed E-state index contributed by atoms with van der Waals surface area (Å²) in [4.78, 5) is 39.1. The summed E-state index contributed by atoms with van der Waals surface area (Å²) in [7, 11) is 0. The number of nitrogens with zero attached hydrogens (tertiary/aromatic N) is 5. The number of oxazole rings is 1. The molecule has 0 aliphatic carbocycles. The molecule has 6 heterocycles. The van der Waals surface area contributed by atoms with Gasteiger partial charge in [0, 0.05) is 60.0 Å². The van der Waals surface area contributed by atoms with Crippen LogP contribution in [0.5, 0.6) is 0 Å². The second-order valence-corrected chi connectivity index (χ2v) is 15.3. The van der Waals surface area contributed by atoms with Gasteiger partial charge in [0.1, 0.15) is 12.3 Å². The normalized spacial score (nSPS) is 21.8. The minimum absolute atomic E-state index is 0.214. The van der Waals surface area contributed by atoms with E-state index in [1.807, 2.05) is 0 Å². The molecule has 0 spiro atoms. The number of carbonyl (C=O) groups excluding carboxylic acids is 2. The number of ether oxygens (including phenoxy) is 1. The number of anilines is 1. The van der Waals surface area contributed by atoms with Crippen LogP contribution < -0.4 is 16.1 Å². The van der Waals surface area contributed by atoms with Gasteiger partial charge in [-0.05, 0) is 81.2 Å². The number of cyclic esters (lactones) is 1. The monoisotopic (exact) mass is 681 g/mol. The lowest BCUT2D eigenvalue weighted by Gasteiger charge is -2.34. The van der Waals surface area contributed by atoms with Crippen molar-refractivity contribution in [2.24, 2.45) is 11.1 Å². The van der Waals surface area contributed by atoms with Crippen molar-refractivity contribution in [2.45, 2.75) is 104 Å². The van der Waals surface area contributed by atoms with E-state index in [1.165, 1.54) is 29.8 Å². The molecule has 4 aromatic rings. The van der Waals surface area contributed by atoms with Crippen LogP contribution in [0.1, 0.15) is 89.6 Å². The largest absolute Gasteiger partial charge is 0.464 e. The zero-order valence-corrected chi connectivity index (χ0v) is 30.1. The highest BCUT2D eigenvalue weighted by molar-refractivity contribution is 5.95. The number of nitrogens with two attached hydrogens (primary N) is 1. The van der Waals surface area contributed by atoms with Gasteiger partial charge in [-0.25, -0.2) is 10.4 Å². The van der Waals surface area contributed by atoms with E-state index >= 15 is 0 Å². The van der Waals surface area contributed by atoms with Gasteiger partial charge in [0.15, 0.2) is 0 Å². The fraction of sp³-hybridized carbons (Fsp3) is 0.538. The molecule has 3 aliphatic heterocycles. The number of fused-ring (bicyclic) bond motifs is 6. The molecular formula is C39H51N7O4. The van der Waals surface area contributed by atoms with Gasteiger partial charge in [0.25, 0.3) is 5.91 Å². The van der Waals surface area contributed by atoms with Crippen molar-refractivity contribution in [2.75, 3.05) is 31.1 Å². The molecule has 11 heteroatoms. The maximum atomic E-state index is 13.5. The third-order valence-electron chi connectivity index (χ3n) is 10.5. The average Bonchev–Trinajstić information content (AvgIpc) is 3.71. The van der Waals surface area contributed by atoms with Crippen molar-refractivity contribution in [3.8, 4) is 22.7 Å². The molecule has 0 unspecified atom stereocenters. The second-order valence-electron chi connectivity index (χ2n) is 15.3. The van der Waals surface area contributed by atoms with Gasteiger partial charge < -0.3 is 24.4 Å². The summed E-state index contributed by atoms with van der Waals surface area (Å²) in [6.45, 7) is 14.5. The Labute approximate surface area is 294 Å². The predicted molar refractivity (Wildman–Crippen MR) is 194 cm³/mol. The first-order valence-electron chi connectivity index (χ1n) is 18.4. The Morgan fingerprint density at radius 1 is 1.08 bits per heavy atom. The third-order valence-corrected chi connectivity index (χ3v) is 10.5. The Morgan fingerprint density at radius 2 is 1.88 bits per heavy atom. The Balaban J connectivity index is 1.40. The molecule has 11 nitrogen and oxygen atoms in total.